The number of hydrogen-bond acceptors (Lipinski definition) is 6. The van der Waals surface area contributed by atoms with Crippen LogP contribution < -0.4 is 15.6 Å². The van der Waals surface area contributed by atoms with E-state index in [1.54, 1.807) is 37.4 Å². The van der Waals surface area contributed by atoms with Crippen LogP contribution in [0.4, 0.5) is 10.1 Å². The standard InChI is InChI=1S/C19H15FN6O3/c1-29-13-8-6-12(7-9-13)26-18-17(23-24-26)19(28)25(11-21-18)10-16(27)22-15-5-3-2-4-14(15)20/h2-9,11H,10H2,1H3,(H,22,27). The first-order valence-electron chi connectivity index (χ1n) is 8.56. The number of fused-ring (bicyclic) bond motifs is 1. The fourth-order valence-corrected chi connectivity index (χ4v) is 2.76. The molecular weight excluding hydrogens is 379 g/mol. The van der Waals surface area contributed by atoms with Crippen LogP contribution in [0.3, 0.4) is 0 Å². The zero-order valence-corrected chi connectivity index (χ0v) is 15.2. The molecule has 2 aromatic heterocycles. The Morgan fingerprint density at radius 1 is 1.17 bits per heavy atom. The van der Waals surface area contributed by atoms with Crippen molar-refractivity contribution in [2.75, 3.05) is 12.4 Å². The van der Waals surface area contributed by atoms with Crippen molar-refractivity contribution in [3.05, 3.63) is 71.0 Å². The van der Waals surface area contributed by atoms with E-state index >= 15 is 0 Å². The van der Waals surface area contributed by atoms with Crippen LogP contribution in [0.15, 0.2) is 59.7 Å². The minimum absolute atomic E-state index is 0.0157. The van der Waals surface area contributed by atoms with Crippen molar-refractivity contribution in [1.82, 2.24) is 24.5 Å². The quantitative estimate of drug-likeness (QED) is 0.553. The molecule has 4 aromatic rings. The maximum atomic E-state index is 13.7. The number of hydrogen-bond donors (Lipinski definition) is 1. The van der Waals surface area contributed by atoms with Crippen LogP contribution in [0, 0.1) is 5.82 Å². The van der Waals surface area contributed by atoms with Gasteiger partial charge in [0.25, 0.3) is 5.56 Å². The Kier molecular flexibility index (Phi) is 4.73. The van der Waals surface area contributed by atoms with Crippen molar-refractivity contribution in [2.24, 2.45) is 0 Å². The first-order chi connectivity index (χ1) is 14.1. The lowest BCUT2D eigenvalue weighted by atomic mass is 10.3. The molecule has 4 rings (SSSR count). The molecule has 2 aromatic carbocycles. The number of methoxy groups -OCH3 is 1. The van der Waals surface area contributed by atoms with Crippen molar-refractivity contribution in [3.8, 4) is 11.4 Å². The number of nitrogens with one attached hydrogen (secondary N) is 1. The molecule has 29 heavy (non-hydrogen) atoms. The molecule has 0 unspecified atom stereocenters. The second-order valence-electron chi connectivity index (χ2n) is 6.08. The summed E-state index contributed by atoms with van der Waals surface area (Å²) in [6, 6.07) is 12.8. The van der Waals surface area contributed by atoms with Gasteiger partial charge in [-0.15, -0.1) is 5.10 Å². The molecule has 0 aliphatic carbocycles. The van der Waals surface area contributed by atoms with Crippen LogP contribution in [0.25, 0.3) is 16.9 Å². The third kappa shape index (κ3) is 3.55. The average Bonchev–Trinajstić information content (AvgIpc) is 3.17. The van der Waals surface area contributed by atoms with Crippen LogP contribution in [0.2, 0.25) is 0 Å². The maximum absolute atomic E-state index is 13.7. The van der Waals surface area contributed by atoms with Gasteiger partial charge in [-0.3, -0.25) is 14.2 Å². The summed E-state index contributed by atoms with van der Waals surface area (Å²) in [4.78, 5) is 29.1. The van der Waals surface area contributed by atoms with Crippen molar-refractivity contribution in [1.29, 1.82) is 0 Å². The summed E-state index contributed by atoms with van der Waals surface area (Å²) >= 11 is 0. The van der Waals surface area contributed by atoms with Gasteiger partial charge in [-0.05, 0) is 36.4 Å². The van der Waals surface area contributed by atoms with Crippen molar-refractivity contribution in [2.45, 2.75) is 6.54 Å². The third-order valence-electron chi connectivity index (χ3n) is 4.21. The fourth-order valence-electron chi connectivity index (χ4n) is 2.76. The van der Waals surface area contributed by atoms with E-state index < -0.39 is 17.3 Å². The van der Waals surface area contributed by atoms with E-state index in [2.05, 4.69) is 20.6 Å². The molecule has 10 heteroatoms. The highest BCUT2D eigenvalue weighted by molar-refractivity contribution is 5.90. The third-order valence-corrected chi connectivity index (χ3v) is 4.21. The molecule has 0 spiro atoms. The molecule has 0 saturated heterocycles. The van der Waals surface area contributed by atoms with Crippen molar-refractivity contribution >= 4 is 22.8 Å². The van der Waals surface area contributed by atoms with E-state index in [-0.39, 0.29) is 23.4 Å². The van der Waals surface area contributed by atoms with Gasteiger partial charge in [0.1, 0.15) is 24.4 Å². The van der Waals surface area contributed by atoms with E-state index in [4.69, 9.17) is 4.74 Å². The van der Waals surface area contributed by atoms with E-state index in [9.17, 15) is 14.0 Å². The van der Waals surface area contributed by atoms with Crippen molar-refractivity contribution in [3.63, 3.8) is 0 Å². The molecule has 1 amide bonds. The number of halogens is 1. The Balaban J connectivity index is 1.60. The first kappa shape index (κ1) is 18.3. The van der Waals surface area contributed by atoms with Gasteiger partial charge in [0.2, 0.25) is 5.91 Å². The molecule has 9 nitrogen and oxygen atoms in total. The lowest BCUT2D eigenvalue weighted by Gasteiger charge is -2.08. The highest BCUT2D eigenvalue weighted by Crippen LogP contribution is 2.16. The normalized spacial score (nSPS) is 10.8. The summed E-state index contributed by atoms with van der Waals surface area (Å²) in [6.45, 7) is -0.342. The monoisotopic (exact) mass is 394 g/mol. The average molecular weight is 394 g/mol. The van der Waals surface area contributed by atoms with Gasteiger partial charge >= 0.3 is 0 Å². The number of para-hydroxylation sites is 1. The SMILES string of the molecule is COc1ccc(-n2nnc3c(=O)n(CC(=O)Nc4ccccc4F)cnc32)cc1. The number of rotatable bonds is 5. The summed E-state index contributed by atoms with van der Waals surface area (Å²) in [6.07, 6.45) is 1.23. The Morgan fingerprint density at radius 2 is 1.93 bits per heavy atom. The molecule has 146 valence electrons. The van der Waals surface area contributed by atoms with E-state index in [1.165, 1.54) is 29.2 Å². The van der Waals surface area contributed by atoms with Crippen LogP contribution >= 0.6 is 0 Å². The zero-order chi connectivity index (χ0) is 20.4. The summed E-state index contributed by atoms with van der Waals surface area (Å²) < 4.78 is 21.3. The highest BCUT2D eigenvalue weighted by Gasteiger charge is 2.15. The first-order valence-corrected chi connectivity index (χ1v) is 8.56. The summed E-state index contributed by atoms with van der Waals surface area (Å²) in [7, 11) is 1.56. The van der Waals surface area contributed by atoms with E-state index in [0.717, 1.165) is 4.57 Å². The molecule has 1 N–H and O–H groups in total. The number of anilines is 1. The minimum Gasteiger partial charge on any atom is -0.497 e. The number of carbonyl (C=O) groups excluding carboxylic acids is 1. The van der Waals surface area contributed by atoms with Gasteiger partial charge < -0.3 is 10.1 Å². The summed E-state index contributed by atoms with van der Waals surface area (Å²) in [5.74, 6) is -0.459. The predicted octanol–water partition coefficient (Wildman–Crippen LogP) is 1.76. The lowest BCUT2D eigenvalue weighted by molar-refractivity contribution is -0.116. The van der Waals surface area contributed by atoms with Gasteiger partial charge in [-0.2, -0.15) is 4.68 Å². The predicted molar refractivity (Wildman–Crippen MR) is 103 cm³/mol. The van der Waals surface area contributed by atoms with Gasteiger partial charge in [0, 0.05) is 0 Å². The number of ether oxygens (including phenoxy) is 1. The molecular formula is C19H15FN6O3. The van der Waals surface area contributed by atoms with E-state index in [1.807, 2.05) is 0 Å². The van der Waals surface area contributed by atoms with Crippen LogP contribution in [0.1, 0.15) is 0 Å². The second kappa shape index (κ2) is 7.50. The largest absolute Gasteiger partial charge is 0.497 e. The smallest absolute Gasteiger partial charge is 0.284 e. The molecule has 0 radical (unpaired) electrons. The number of benzene rings is 2. The van der Waals surface area contributed by atoms with E-state index in [0.29, 0.717) is 11.4 Å². The van der Waals surface area contributed by atoms with Gasteiger partial charge in [-0.25, -0.2) is 9.37 Å². The fraction of sp³-hybridized carbons (Fsp3) is 0.105. The van der Waals surface area contributed by atoms with Crippen LogP contribution in [0.5, 0.6) is 5.75 Å². The summed E-state index contributed by atoms with van der Waals surface area (Å²) in [5, 5.41) is 10.3. The number of aromatic nitrogens is 5. The molecule has 0 saturated carbocycles. The molecule has 0 aliphatic rings. The Bertz CT molecular complexity index is 1250. The highest BCUT2D eigenvalue weighted by atomic mass is 19.1. The van der Waals surface area contributed by atoms with Gasteiger partial charge in [0.15, 0.2) is 11.2 Å². The molecule has 0 atom stereocenters. The van der Waals surface area contributed by atoms with Crippen LogP contribution in [-0.4, -0.2) is 37.6 Å². The molecule has 0 aliphatic heterocycles. The maximum Gasteiger partial charge on any atom is 0.284 e. The number of amides is 1. The summed E-state index contributed by atoms with van der Waals surface area (Å²) in [5.41, 5.74) is 0.423. The van der Waals surface area contributed by atoms with Crippen molar-refractivity contribution < 1.29 is 13.9 Å². The number of nitrogens with zero attached hydrogens (tertiary/aromatic N) is 5. The topological polar surface area (TPSA) is 104 Å². The zero-order valence-electron chi connectivity index (χ0n) is 15.2. The Hall–Kier alpha value is -4.08. The van der Waals surface area contributed by atoms with Crippen LogP contribution in [-0.2, 0) is 11.3 Å². The lowest BCUT2D eigenvalue weighted by Crippen LogP contribution is -2.28. The molecule has 0 fully saturated rings. The number of carbonyl (C=O) groups is 1. The second-order valence-corrected chi connectivity index (χ2v) is 6.08. The van der Waals surface area contributed by atoms with Gasteiger partial charge in [-0.1, -0.05) is 17.3 Å². The molecule has 2 heterocycles. The Labute approximate surface area is 163 Å². The minimum atomic E-state index is -0.569. The molecule has 0 bridgehead atoms. The van der Waals surface area contributed by atoms with Gasteiger partial charge in [0.05, 0.1) is 18.5 Å². The Morgan fingerprint density at radius 3 is 2.66 bits per heavy atom.